The van der Waals surface area contributed by atoms with Gasteiger partial charge in [-0.3, -0.25) is 4.79 Å². The number of amides is 1. The first kappa shape index (κ1) is 19.2. The predicted octanol–water partition coefficient (Wildman–Crippen LogP) is 3.25. The van der Waals surface area contributed by atoms with Gasteiger partial charge in [0.15, 0.2) is 6.61 Å². The Labute approximate surface area is 164 Å². The van der Waals surface area contributed by atoms with Gasteiger partial charge in [-0.15, -0.1) is 0 Å². The van der Waals surface area contributed by atoms with Crippen LogP contribution in [-0.2, 0) is 14.3 Å². The van der Waals surface area contributed by atoms with E-state index in [0.717, 1.165) is 6.08 Å². The van der Waals surface area contributed by atoms with Crippen molar-refractivity contribution in [1.29, 1.82) is 0 Å². The van der Waals surface area contributed by atoms with Gasteiger partial charge in [0.1, 0.15) is 18.5 Å². The molecule has 0 unspecified atom stereocenters. The summed E-state index contributed by atoms with van der Waals surface area (Å²) in [5, 5.41) is 7.02. The van der Waals surface area contributed by atoms with E-state index < -0.39 is 24.3 Å². The lowest BCUT2D eigenvalue weighted by Crippen LogP contribution is -2.21. The smallest absolute Gasteiger partial charge is 0.331 e. The lowest BCUT2D eigenvalue weighted by atomic mass is 10.2. The van der Waals surface area contributed by atoms with Crippen LogP contribution in [0, 0.1) is 5.82 Å². The number of rotatable bonds is 6. The average Bonchev–Trinajstić information content (AvgIpc) is 3.20. The molecule has 0 atom stereocenters. The molecule has 0 spiro atoms. The molecule has 28 heavy (non-hydrogen) atoms. The van der Waals surface area contributed by atoms with Crippen molar-refractivity contribution in [3.63, 3.8) is 0 Å². The fraction of sp³-hybridized carbons (Fsp3) is 0.0526. The first-order valence-electron chi connectivity index (χ1n) is 8.07. The number of anilines is 1. The number of nitrogens with zero attached hydrogens (tertiary/aromatic N) is 3. The normalized spacial score (nSPS) is 10.8. The van der Waals surface area contributed by atoms with Crippen LogP contribution < -0.4 is 5.32 Å². The maximum Gasteiger partial charge on any atom is 0.331 e. The summed E-state index contributed by atoms with van der Waals surface area (Å²) in [7, 11) is 0. The van der Waals surface area contributed by atoms with E-state index in [4.69, 9.17) is 16.3 Å². The highest BCUT2D eigenvalue weighted by Gasteiger charge is 2.11. The largest absolute Gasteiger partial charge is 0.452 e. The molecule has 0 fully saturated rings. The van der Waals surface area contributed by atoms with Crippen LogP contribution in [0.3, 0.4) is 0 Å². The summed E-state index contributed by atoms with van der Waals surface area (Å²) in [6.07, 6.45) is 5.14. The number of carbonyl (C=O) groups excluding carboxylic acids is 2. The zero-order chi connectivity index (χ0) is 19.9. The van der Waals surface area contributed by atoms with Crippen molar-refractivity contribution in [2.75, 3.05) is 11.9 Å². The Balaban J connectivity index is 1.60. The van der Waals surface area contributed by atoms with Gasteiger partial charge < -0.3 is 10.1 Å². The van der Waals surface area contributed by atoms with Gasteiger partial charge in [-0.1, -0.05) is 29.8 Å². The maximum absolute atomic E-state index is 13.5. The molecule has 3 rings (SSSR count). The van der Waals surface area contributed by atoms with E-state index in [1.54, 1.807) is 24.3 Å². The van der Waals surface area contributed by atoms with Crippen molar-refractivity contribution >= 4 is 35.2 Å². The summed E-state index contributed by atoms with van der Waals surface area (Å²) < 4.78 is 19.8. The van der Waals surface area contributed by atoms with Crippen molar-refractivity contribution < 1.29 is 18.7 Å². The molecule has 0 saturated carbocycles. The molecule has 0 radical (unpaired) electrons. The highest BCUT2D eigenvalue weighted by molar-refractivity contribution is 6.31. The highest BCUT2D eigenvalue weighted by atomic mass is 35.5. The van der Waals surface area contributed by atoms with Crippen LogP contribution in [0.25, 0.3) is 11.8 Å². The van der Waals surface area contributed by atoms with Crippen LogP contribution in [0.1, 0.15) is 5.56 Å². The zero-order valence-corrected chi connectivity index (χ0v) is 15.1. The Morgan fingerprint density at radius 1 is 1.25 bits per heavy atom. The molecule has 3 aromatic rings. The molecule has 0 saturated heterocycles. The van der Waals surface area contributed by atoms with Crippen LogP contribution >= 0.6 is 11.6 Å². The van der Waals surface area contributed by atoms with E-state index in [1.165, 1.54) is 41.6 Å². The summed E-state index contributed by atoms with van der Waals surface area (Å²) in [5.74, 6) is -1.82. The molecule has 7 nitrogen and oxygen atoms in total. The first-order valence-corrected chi connectivity index (χ1v) is 8.44. The third-order valence-electron chi connectivity index (χ3n) is 3.55. The molecule has 2 aromatic carbocycles. The monoisotopic (exact) mass is 400 g/mol. The van der Waals surface area contributed by atoms with Crippen LogP contribution in [0.4, 0.5) is 10.1 Å². The predicted molar refractivity (Wildman–Crippen MR) is 101 cm³/mol. The van der Waals surface area contributed by atoms with Gasteiger partial charge in [-0.05, 0) is 30.3 Å². The molecule has 1 heterocycles. The second-order valence-corrected chi connectivity index (χ2v) is 5.95. The van der Waals surface area contributed by atoms with E-state index in [9.17, 15) is 14.0 Å². The van der Waals surface area contributed by atoms with Crippen LogP contribution in [0.5, 0.6) is 0 Å². The summed E-state index contributed by atoms with van der Waals surface area (Å²) in [4.78, 5) is 27.7. The summed E-state index contributed by atoms with van der Waals surface area (Å²) >= 11 is 5.98. The first-order chi connectivity index (χ1) is 13.5. The van der Waals surface area contributed by atoms with Crippen molar-refractivity contribution in [3.8, 4) is 5.69 Å². The average molecular weight is 401 g/mol. The molecular weight excluding hydrogens is 387 g/mol. The topological polar surface area (TPSA) is 86.1 Å². The third-order valence-corrected chi connectivity index (χ3v) is 3.78. The molecule has 0 aliphatic carbocycles. The van der Waals surface area contributed by atoms with Crippen LogP contribution in [-0.4, -0.2) is 33.2 Å². The number of nitrogens with one attached hydrogen (secondary N) is 1. The minimum Gasteiger partial charge on any atom is -0.452 e. The van der Waals surface area contributed by atoms with Crippen LogP contribution in [0.15, 0.2) is 61.2 Å². The molecule has 1 aromatic heterocycles. The SMILES string of the molecule is O=C(COC(=O)/C=C/c1ccccc1F)Nc1cc(Cl)ccc1-n1cncn1. The summed E-state index contributed by atoms with van der Waals surface area (Å²) in [6.45, 7) is -0.524. The van der Waals surface area contributed by atoms with Gasteiger partial charge in [0, 0.05) is 16.7 Å². The number of ether oxygens (including phenoxy) is 1. The standard InChI is InChI=1S/C19H14ClFN4O3/c20-14-6-7-17(25-12-22-11-23-25)16(9-14)24-18(26)10-28-19(27)8-5-13-3-1-2-4-15(13)21/h1-9,11-12H,10H2,(H,24,26)/b8-5+. The fourth-order valence-corrected chi connectivity index (χ4v) is 2.45. The summed E-state index contributed by atoms with van der Waals surface area (Å²) in [5.41, 5.74) is 1.15. The maximum atomic E-state index is 13.5. The van der Waals surface area contributed by atoms with E-state index >= 15 is 0 Å². The van der Waals surface area contributed by atoms with Crippen molar-refractivity contribution in [1.82, 2.24) is 14.8 Å². The lowest BCUT2D eigenvalue weighted by molar-refractivity contribution is -0.142. The number of hydrogen-bond donors (Lipinski definition) is 1. The van der Waals surface area contributed by atoms with Gasteiger partial charge in [0.25, 0.3) is 5.91 Å². The van der Waals surface area contributed by atoms with Crippen LogP contribution in [0.2, 0.25) is 5.02 Å². The number of aromatic nitrogens is 3. The molecule has 0 bridgehead atoms. The van der Waals surface area contributed by atoms with Gasteiger partial charge in [-0.25, -0.2) is 18.9 Å². The van der Waals surface area contributed by atoms with E-state index in [1.807, 2.05) is 0 Å². The van der Waals surface area contributed by atoms with E-state index in [0.29, 0.717) is 16.4 Å². The number of esters is 1. The molecule has 9 heteroatoms. The molecule has 142 valence electrons. The minimum atomic E-state index is -0.777. The van der Waals surface area contributed by atoms with Crippen molar-refractivity contribution in [2.24, 2.45) is 0 Å². The van der Waals surface area contributed by atoms with E-state index in [2.05, 4.69) is 15.4 Å². The molecule has 0 aliphatic rings. The highest BCUT2D eigenvalue weighted by Crippen LogP contribution is 2.23. The van der Waals surface area contributed by atoms with Gasteiger partial charge in [0.05, 0.1) is 11.4 Å². The Morgan fingerprint density at radius 3 is 2.82 bits per heavy atom. The van der Waals surface area contributed by atoms with Crippen molar-refractivity contribution in [3.05, 3.63) is 77.6 Å². The Hall–Kier alpha value is -3.52. The number of benzene rings is 2. The van der Waals surface area contributed by atoms with Crippen molar-refractivity contribution in [2.45, 2.75) is 0 Å². The second kappa shape index (κ2) is 8.92. The zero-order valence-electron chi connectivity index (χ0n) is 14.4. The Kier molecular flexibility index (Phi) is 6.13. The number of halogens is 2. The van der Waals surface area contributed by atoms with Gasteiger partial charge in [-0.2, -0.15) is 5.10 Å². The third kappa shape index (κ3) is 5.01. The molecule has 1 N–H and O–H groups in total. The minimum absolute atomic E-state index is 0.236. The van der Waals surface area contributed by atoms with Gasteiger partial charge >= 0.3 is 5.97 Å². The number of carbonyl (C=O) groups is 2. The summed E-state index contributed by atoms with van der Waals surface area (Å²) in [6, 6.07) is 10.8. The molecule has 1 amide bonds. The van der Waals surface area contributed by atoms with Gasteiger partial charge in [0.2, 0.25) is 0 Å². The number of hydrogen-bond acceptors (Lipinski definition) is 5. The quantitative estimate of drug-likeness (QED) is 0.507. The Bertz CT molecular complexity index is 1020. The fourth-order valence-electron chi connectivity index (χ4n) is 2.28. The molecular formula is C19H14ClFN4O3. The Morgan fingerprint density at radius 2 is 2.07 bits per heavy atom. The second-order valence-electron chi connectivity index (χ2n) is 5.51. The molecule has 0 aliphatic heterocycles. The van der Waals surface area contributed by atoms with E-state index in [-0.39, 0.29) is 5.56 Å². The lowest BCUT2D eigenvalue weighted by Gasteiger charge is -2.11.